The molecule has 0 fully saturated rings. The number of benzene rings is 2. The predicted octanol–water partition coefficient (Wildman–Crippen LogP) is 6.59. The van der Waals surface area contributed by atoms with Crippen LogP contribution in [0.1, 0.15) is 127 Å². The summed E-state index contributed by atoms with van der Waals surface area (Å²) in [6, 6.07) is 17.3. The van der Waals surface area contributed by atoms with Gasteiger partial charge in [0.2, 0.25) is 10.0 Å². The van der Waals surface area contributed by atoms with Crippen LogP contribution >= 0.6 is 0 Å². The van der Waals surface area contributed by atoms with Crippen LogP contribution in [0.15, 0.2) is 71.9 Å². The summed E-state index contributed by atoms with van der Waals surface area (Å²) in [6.07, 6.45) is 19.8. The average molecular weight is 763 g/mol. The number of halogens is 1. The second kappa shape index (κ2) is 20.4. The van der Waals surface area contributed by atoms with Crippen LogP contribution in [0.5, 0.6) is 5.75 Å². The highest BCUT2D eigenvalue weighted by molar-refractivity contribution is 7.89. The molecular weight excluding hydrogens is 703 g/mol. The molecule has 1 heterocycles. The lowest BCUT2D eigenvalue weighted by Gasteiger charge is -2.26. The third-order valence-electron chi connectivity index (χ3n) is 8.53. The van der Waals surface area contributed by atoms with Crippen molar-refractivity contribution in [1.29, 1.82) is 0 Å². The van der Waals surface area contributed by atoms with Crippen LogP contribution in [0.3, 0.4) is 0 Å². The monoisotopic (exact) mass is 762 g/mol. The first-order valence-electron chi connectivity index (χ1n) is 17.3. The van der Waals surface area contributed by atoms with E-state index in [9.17, 15) is 8.42 Å². The maximum absolute atomic E-state index is 13.9. The van der Waals surface area contributed by atoms with Gasteiger partial charge in [-0.2, -0.15) is 4.31 Å². The molecule has 0 aliphatic heterocycles. The Hall–Kier alpha value is -1.97. The van der Waals surface area contributed by atoms with Crippen LogP contribution in [-0.2, 0) is 35.6 Å². The number of nitrogens with zero attached hydrogens (tertiary/aromatic N) is 2. The summed E-state index contributed by atoms with van der Waals surface area (Å²) in [5.74, 6) is 0.901. The summed E-state index contributed by atoms with van der Waals surface area (Å²) in [7, 11) is -1.76. The van der Waals surface area contributed by atoms with Crippen molar-refractivity contribution in [2.24, 2.45) is 7.05 Å². The summed E-state index contributed by atoms with van der Waals surface area (Å²) in [5, 5.41) is 0. The molecule has 0 saturated carbocycles. The number of pyridine rings is 1. The van der Waals surface area contributed by atoms with Crippen LogP contribution in [0.25, 0.3) is 0 Å². The van der Waals surface area contributed by atoms with Crippen LogP contribution < -0.4 is 33.3 Å². The average Bonchev–Trinajstić information content (AvgIpc) is 3.00. The van der Waals surface area contributed by atoms with Crippen molar-refractivity contribution in [3.63, 3.8) is 0 Å². The van der Waals surface area contributed by atoms with Crippen LogP contribution in [0, 0.1) is 6.92 Å². The Kier molecular flexibility index (Phi) is 17.8. The van der Waals surface area contributed by atoms with Crippen molar-refractivity contribution >= 4 is 10.0 Å². The highest BCUT2D eigenvalue weighted by Gasteiger charge is 2.27. The molecule has 3 aromatic rings. The lowest BCUT2D eigenvalue weighted by molar-refractivity contribution is -0.671. The number of hydrogen-bond acceptors (Lipinski definition) is 3. The molecule has 0 aliphatic carbocycles. The van der Waals surface area contributed by atoms with Crippen molar-refractivity contribution < 1.29 is 41.7 Å². The van der Waals surface area contributed by atoms with Gasteiger partial charge in [0.05, 0.1) is 11.5 Å². The minimum atomic E-state index is -3.72. The van der Waals surface area contributed by atoms with Gasteiger partial charge in [0, 0.05) is 25.2 Å². The molecule has 0 aliphatic rings. The Morgan fingerprint density at radius 3 is 1.78 bits per heavy atom. The van der Waals surface area contributed by atoms with Gasteiger partial charge in [-0.1, -0.05) is 128 Å². The van der Waals surface area contributed by atoms with Gasteiger partial charge >= 0.3 is 0 Å². The molecule has 2 aromatic carbocycles. The molecule has 7 heteroatoms. The van der Waals surface area contributed by atoms with E-state index < -0.39 is 10.0 Å². The summed E-state index contributed by atoms with van der Waals surface area (Å²) >= 11 is 0. The number of hydrogen-bond donors (Lipinski definition) is 0. The van der Waals surface area contributed by atoms with E-state index in [1.54, 1.807) is 16.4 Å². The Labute approximate surface area is 298 Å². The number of aryl methyl sites for hydroxylation is 2. The zero-order chi connectivity index (χ0) is 32.7. The minimum absolute atomic E-state index is 0. The van der Waals surface area contributed by atoms with Crippen molar-refractivity contribution in [3.8, 4) is 5.75 Å². The summed E-state index contributed by atoms with van der Waals surface area (Å²) in [6.45, 7) is 12.1. The van der Waals surface area contributed by atoms with Gasteiger partial charge in [-0.25, -0.2) is 13.0 Å². The Balaban J connectivity index is 0.00000736. The molecule has 0 spiro atoms. The van der Waals surface area contributed by atoms with E-state index in [0.717, 1.165) is 34.4 Å². The van der Waals surface area contributed by atoms with Gasteiger partial charge in [-0.15, -0.1) is 0 Å². The zero-order valence-electron chi connectivity index (χ0n) is 29.4. The summed E-state index contributed by atoms with van der Waals surface area (Å²) in [4.78, 5) is 0.313. The Morgan fingerprint density at radius 1 is 0.717 bits per heavy atom. The maximum Gasteiger partial charge on any atom is 0.243 e. The standard InChI is InChI=1S/C39H59N2O3S.HI/c1-7-8-9-10-11-12-13-14-15-16-17-18-29-44-38-24-21-35(30-37(38)39(3,4)5)32-41(31-34-25-27-40(6)28-26-34)45(42,43)36-22-19-33(2)20-23-36;/h19-28,30H,7-18,29,31-32H2,1-6H3;1H/q+1;/p-1. The molecular formula is C39H59IN2O3S. The van der Waals surface area contributed by atoms with E-state index in [1.165, 1.54) is 70.6 Å². The zero-order valence-corrected chi connectivity index (χ0v) is 32.3. The number of unbranched alkanes of at least 4 members (excludes halogenated alkanes) is 11. The van der Waals surface area contributed by atoms with Crippen molar-refractivity contribution in [2.45, 2.75) is 135 Å². The summed E-state index contributed by atoms with van der Waals surface area (Å²) in [5.41, 5.74) is 3.90. The second-order valence-electron chi connectivity index (χ2n) is 13.8. The number of aromatic nitrogens is 1. The van der Waals surface area contributed by atoms with Crippen molar-refractivity contribution in [3.05, 3.63) is 89.2 Å². The fourth-order valence-corrected chi connectivity index (χ4v) is 7.06. The molecule has 5 nitrogen and oxygen atoms in total. The molecule has 256 valence electrons. The second-order valence-corrected chi connectivity index (χ2v) is 15.7. The smallest absolute Gasteiger partial charge is 0.243 e. The predicted molar refractivity (Wildman–Crippen MR) is 187 cm³/mol. The molecule has 0 N–H and O–H groups in total. The third kappa shape index (κ3) is 13.6. The lowest BCUT2D eigenvalue weighted by atomic mass is 9.85. The highest BCUT2D eigenvalue weighted by atomic mass is 127. The first-order valence-corrected chi connectivity index (χ1v) is 18.7. The SMILES string of the molecule is CCCCCCCCCCCCCCOc1ccc(CN(Cc2cc[n+](C)cc2)S(=O)(=O)c2ccc(C)cc2)cc1C(C)(C)C.[I-]. The number of rotatable bonds is 20. The van der Waals surface area contributed by atoms with Gasteiger partial charge in [0.15, 0.2) is 12.4 Å². The molecule has 46 heavy (non-hydrogen) atoms. The fraction of sp³-hybridized carbons (Fsp3) is 0.564. The van der Waals surface area contributed by atoms with Crippen LogP contribution in [0.4, 0.5) is 0 Å². The van der Waals surface area contributed by atoms with Crippen molar-refractivity contribution in [2.75, 3.05) is 6.61 Å². The molecule has 0 amide bonds. The van der Waals surface area contributed by atoms with Crippen LogP contribution in [0.2, 0.25) is 0 Å². The van der Waals surface area contributed by atoms with E-state index in [4.69, 9.17) is 4.74 Å². The normalized spacial score (nSPS) is 11.9. The molecule has 0 radical (unpaired) electrons. The molecule has 0 atom stereocenters. The largest absolute Gasteiger partial charge is 1.00 e. The first-order chi connectivity index (χ1) is 21.5. The molecule has 1 aromatic heterocycles. The topological polar surface area (TPSA) is 50.5 Å². The maximum atomic E-state index is 13.9. The first kappa shape index (κ1) is 40.2. The van der Waals surface area contributed by atoms with Gasteiger partial charge in [0.25, 0.3) is 0 Å². The molecule has 0 unspecified atom stereocenters. The number of sulfonamides is 1. The molecule has 3 rings (SSSR count). The highest BCUT2D eigenvalue weighted by Crippen LogP contribution is 2.33. The quantitative estimate of drug-likeness (QED) is 0.0742. The van der Waals surface area contributed by atoms with E-state index in [1.807, 2.05) is 67.3 Å². The molecule has 0 saturated heterocycles. The number of ether oxygens (including phenoxy) is 1. The Morgan fingerprint density at radius 2 is 1.24 bits per heavy atom. The van der Waals surface area contributed by atoms with Crippen molar-refractivity contribution in [1.82, 2.24) is 4.31 Å². The van der Waals surface area contributed by atoms with Gasteiger partial charge < -0.3 is 28.7 Å². The van der Waals surface area contributed by atoms with E-state index in [2.05, 4.69) is 33.8 Å². The van der Waals surface area contributed by atoms with E-state index in [0.29, 0.717) is 18.0 Å². The van der Waals surface area contributed by atoms with Gasteiger partial charge in [-0.05, 0) is 53.6 Å². The van der Waals surface area contributed by atoms with Gasteiger partial charge in [0.1, 0.15) is 12.8 Å². The minimum Gasteiger partial charge on any atom is -1.00 e. The van der Waals surface area contributed by atoms with E-state index >= 15 is 0 Å². The van der Waals surface area contributed by atoms with E-state index in [-0.39, 0.29) is 35.9 Å². The van der Waals surface area contributed by atoms with Crippen LogP contribution in [-0.4, -0.2) is 19.3 Å². The molecule has 0 bridgehead atoms. The third-order valence-corrected chi connectivity index (χ3v) is 10.3. The fourth-order valence-electron chi connectivity index (χ4n) is 5.64. The van der Waals surface area contributed by atoms with Gasteiger partial charge in [-0.3, -0.25) is 0 Å². The summed E-state index contributed by atoms with van der Waals surface area (Å²) < 4.78 is 37.7. The lowest BCUT2D eigenvalue weighted by Crippen LogP contribution is -3.00. The Bertz CT molecular complexity index is 1380.